The number of para-hydroxylation sites is 1. The summed E-state index contributed by atoms with van der Waals surface area (Å²) in [7, 11) is 0. The van der Waals surface area contributed by atoms with Crippen molar-refractivity contribution in [2.24, 2.45) is 0 Å². The van der Waals surface area contributed by atoms with Crippen LogP contribution in [-0.2, 0) is 6.54 Å². The molecule has 0 fully saturated rings. The average molecular weight is 274 g/mol. The van der Waals surface area contributed by atoms with Gasteiger partial charge in [-0.2, -0.15) is 0 Å². The second kappa shape index (κ2) is 6.57. The van der Waals surface area contributed by atoms with Crippen LogP contribution in [0.25, 0.3) is 10.9 Å². The maximum Gasteiger partial charge on any atom is 0.262 e. The topological polar surface area (TPSA) is 34.9 Å². The number of thioether (sulfide) groups is 1. The van der Waals surface area contributed by atoms with Crippen molar-refractivity contribution in [3.63, 3.8) is 0 Å². The number of unbranched alkanes of at least 4 members (excludes halogenated alkanes) is 1. The third kappa shape index (κ3) is 3.07. The Labute approximate surface area is 117 Å². The van der Waals surface area contributed by atoms with Crippen molar-refractivity contribution < 1.29 is 0 Å². The number of benzene rings is 1. The van der Waals surface area contributed by atoms with Crippen molar-refractivity contribution in [3.05, 3.63) is 47.3 Å². The Bertz CT molecular complexity index is 634. The van der Waals surface area contributed by atoms with Crippen LogP contribution in [0, 0.1) is 0 Å². The van der Waals surface area contributed by atoms with Crippen LogP contribution in [-0.4, -0.2) is 15.3 Å². The fourth-order valence-electron chi connectivity index (χ4n) is 1.86. The highest BCUT2D eigenvalue weighted by Crippen LogP contribution is 2.18. The molecule has 0 saturated carbocycles. The molecular weight excluding hydrogens is 256 g/mol. The van der Waals surface area contributed by atoms with Crippen LogP contribution >= 0.6 is 11.8 Å². The molecule has 0 atom stereocenters. The molecular formula is C15H18N2OS. The lowest BCUT2D eigenvalue weighted by molar-refractivity contribution is 0.671. The highest BCUT2D eigenvalue weighted by molar-refractivity contribution is 7.99. The second-order valence-electron chi connectivity index (χ2n) is 4.32. The van der Waals surface area contributed by atoms with Crippen LogP contribution in [0.3, 0.4) is 0 Å². The third-order valence-electron chi connectivity index (χ3n) is 2.87. The molecule has 0 bridgehead atoms. The van der Waals surface area contributed by atoms with E-state index in [4.69, 9.17) is 0 Å². The number of aromatic nitrogens is 2. The predicted octanol–water partition coefficient (Wildman–Crippen LogP) is 3.47. The summed E-state index contributed by atoms with van der Waals surface area (Å²) < 4.78 is 1.70. The fourth-order valence-corrected chi connectivity index (χ4v) is 2.95. The highest BCUT2D eigenvalue weighted by Gasteiger charge is 2.09. The first-order chi connectivity index (χ1) is 9.27. The molecule has 0 spiro atoms. The van der Waals surface area contributed by atoms with E-state index in [1.807, 2.05) is 24.3 Å². The van der Waals surface area contributed by atoms with Gasteiger partial charge in [0.2, 0.25) is 0 Å². The van der Waals surface area contributed by atoms with Gasteiger partial charge in [0, 0.05) is 12.3 Å². The van der Waals surface area contributed by atoms with E-state index < -0.39 is 0 Å². The molecule has 0 amide bonds. The second-order valence-corrected chi connectivity index (χ2v) is 5.38. The van der Waals surface area contributed by atoms with Crippen molar-refractivity contribution >= 4 is 22.7 Å². The SMILES string of the molecule is C=CCn1c(SCCCC)nc2ccccc2c1=O. The average Bonchev–Trinajstić information content (AvgIpc) is 2.43. The molecule has 3 nitrogen and oxygen atoms in total. The molecule has 2 aromatic rings. The zero-order valence-electron chi connectivity index (χ0n) is 11.1. The van der Waals surface area contributed by atoms with Gasteiger partial charge in [-0.05, 0) is 18.6 Å². The normalized spacial score (nSPS) is 10.8. The van der Waals surface area contributed by atoms with Gasteiger partial charge in [-0.15, -0.1) is 6.58 Å². The van der Waals surface area contributed by atoms with Crippen LogP contribution in [0.4, 0.5) is 0 Å². The Balaban J connectivity index is 2.50. The summed E-state index contributed by atoms with van der Waals surface area (Å²) in [5, 5.41) is 1.46. The maximum atomic E-state index is 12.4. The van der Waals surface area contributed by atoms with E-state index in [0.717, 1.165) is 29.3 Å². The standard InChI is InChI=1S/C15H18N2OS/c1-3-5-11-19-15-16-13-9-7-6-8-12(13)14(18)17(15)10-4-2/h4,6-9H,2-3,5,10-11H2,1H3. The maximum absolute atomic E-state index is 12.4. The van der Waals surface area contributed by atoms with Gasteiger partial charge in [0.05, 0.1) is 10.9 Å². The number of allylic oxidation sites excluding steroid dienone is 1. The Kier molecular flexibility index (Phi) is 4.80. The van der Waals surface area contributed by atoms with E-state index in [1.54, 1.807) is 22.4 Å². The Morgan fingerprint density at radius 1 is 1.42 bits per heavy atom. The fraction of sp³-hybridized carbons (Fsp3) is 0.333. The minimum Gasteiger partial charge on any atom is -0.283 e. The molecule has 0 aliphatic heterocycles. The summed E-state index contributed by atoms with van der Waals surface area (Å²) >= 11 is 1.64. The molecule has 1 aromatic carbocycles. The van der Waals surface area contributed by atoms with Gasteiger partial charge in [-0.3, -0.25) is 9.36 Å². The van der Waals surface area contributed by atoms with Crippen LogP contribution < -0.4 is 5.56 Å². The molecule has 2 rings (SSSR count). The molecule has 0 aliphatic rings. The molecule has 19 heavy (non-hydrogen) atoms. The Hall–Kier alpha value is -1.55. The number of hydrogen-bond donors (Lipinski definition) is 0. The molecule has 0 N–H and O–H groups in total. The van der Waals surface area contributed by atoms with Gasteiger partial charge in [-0.1, -0.05) is 43.3 Å². The smallest absolute Gasteiger partial charge is 0.262 e. The molecule has 1 heterocycles. The largest absolute Gasteiger partial charge is 0.283 e. The van der Waals surface area contributed by atoms with E-state index in [0.29, 0.717) is 11.9 Å². The molecule has 100 valence electrons. The first-order valence-electron chi connectivity index (χ1n) is 6.51. The summed E-state index contributed by atoms with van der Waals surface area (Å²) in [5.74, 6) is 0.985. The van der Waals surface area contributed by atoms with Gasteiger partial charge in [0.15, 0.2) is 5.16 Å². The van der Waals surface area contributed by atoms with E-state index >= 15 is 0 Å². The predicted molar refractivity (Wildman–Crippen MR) is 81.8 cm³/mol. The summed E-state index contributed by atoms with van der Waals surface area (Å²) in [4.78, 5) is 17.0. The van der Waals surface area contributed by atoms with Crippen molar-refractivity contribution in [2.75, 3.05) is 5.75 Å². The van der Waals surface area contributed by atoms with E-state index in [2.05, 4.69) is 18.5 Å². The summed E-state index contributed by atoms with van der Waals surface area (Å²) in [6.07, 6.45) is 4.01. The molecule has 1 aromatic heterocycles. The zero-order valence-corrected chi connectivity index (χ0v) is 11.9. The lowest BCUT2D eigenvalue weighted by atomic mass is 10.2. The minimum atomic E-state index is 0.0181. The monoisotopic (exact) mass is 274 g/mol. The van der Waals surface area contributed by atoms with Gasteiger partial charge >= 0.3 is 0 Å². The van der Waals surface area contributed by atoms with E-state index in [1.165, 1.54) is 0 Å². The van der Waals surface area contributed by atoms with Crippen LogP contribution in [0.1, 0.15) is 19.8 Å². The van der Waals surface area contributed by atoms with Gasteiger partial charge in [0.1, 0.15) is 0 Å². The van der Waals surface area contributed by atoms with Crippen LogP contribution in [0.2, 0.25) is 0 Å². The number of hydrogen-bond acceptors (Lipinski definition) is 3. The van der Waals surface area contributed by atoms with Crippen molar-refractivity contribution in [3.8, 4) is 0 Å². The van der Waals surface area contributed by atoms with Crippen molar-refractivity contribution in [2.45, 2.75) is 31.5 Å². The lowest BCUT2D eigenvalue weighted by Gasteiger charge is -2.11. The summed E-state index contributed by atoms with van der Waals surface area (Å²) in [6, 6.07) is 7.49. The third-order valence-corrected chi connectivity index (χ3v) is 3.93. The van der Waals surface area contributed by atoms with Crippen LogP contribution in [0.5, 0.6) is 0 Å². The van der Waals surface area contributed by atoms with Gasteiger partial charge in [0.25, 0.3) is 5.56 Å². The van der Waals surface area contributed by atoms with E-state index in [-0.39, 0.29) is 5.56 Å². The zero-order chi connectivity index (χ0) is 13.7. The lowest BCUT2D eigenvalue weighted by Crippen LogP contribution is -2.22. The molecule has 0 unspecified atom stereocenters. The summed E-state index contributed by atoms with van der Waals surface area (Å²) in [5.41, 5.74) is 0.788. The van der Waals surface area contributed by atoms with Gasteiger partial charge < -0.3 is 0 Å². The van der Waals surface area contributed by atoms with Crippen molar-refractivity contribution in [1.82, 2.24) is 9.55 Å². The first kappa shape index (κ1) is 13.9. The molecule has 0 radical (unpaired) electrons. The first-order valence-corrected chi connectivity index (χ1v) is 7.49. The molecule has 4 heteroatoms. The van der Waals surface area contributed by atoms with E-state index in [9.17, 15) is 4.79 Å². The summed E-state index contributed by atoms with van der Waals surface area (Å²) in [6.45, 7) is 6.38. The Morgan fingerprint density at radius 2 is 2.21 bits per heavy atom. The molecule has 0 aliphatic carbocycles. The highest BCUT2D eigenvalue weighted by atomic mass is 32.2. The number of nitrogens with zero attached hydrogens (tertiary/aromatic N) is 2. The van der Waals surface area contributed by atoms with Crippen LogP contribution in [0.15, 0.2) is 46.9 Å². The molecule has 0 saturated heterocycles. The number of fused-ring (bicyclic) bond motifs is 1. The quantitative estimate of drug-likeness (QED) is 0.350. The minimum absolute atomic E-state index is 0.0181. The Morgan fingerprint density at radius 3 is 2.95 bits per heavy atom. The van der Waals surface area contributed by atoms with Gasteiger partial charge in [-0.25, -0.2) is 4.98 Å². The number of rotatable bonds is 6. The van der Waals surface area contributed by atoms with Crippen molar-refractivity contribution in [1.29, 1.82) is 0 Å².